The Bertz CT molecular complexity index is 798. The molecule has 0 aliphatic rings. The van der Waals surface area contributed by atoms with E-state index in [9.17, 15) is 9.90 Å². The van der Waals surface area contributed by atoms with Crippen LogP contribution in [0, 0.1) is 20.8 Å². The van der Waals surface area contributed by atoms with E-state index in [-0.39, 0.29) is 18.3 Å². The van der Waals surface area contributed by atoms with Crippen LogP contribution in [0.4, 0.5) is 0 Å². The molecule has 1 amide bonds. The number of hydrazone groups is 1. The van der Waals surface area contributed by atoms with Crippen LogP contribution in [-0.4, -0.2) is 23.3 Å². The molecule has 0 saturated heterocycles. The second-order valence-corrected chi connectivity index (χ2v) is 6.03. The summed E-state index contributed by atoms with van der Waals surface area (Å²) in [5, 5.41) is 14.1. The van der Waals surface area contributed by atoms with Crippen molar-refractivity contribution in [1.29, 1.82) is 0 Å². The van der Waals surface area contributed by atoms with Gasteiger partial charge in [-0.25, -0.2) is 5.43 Å². The maximum Gasteiger partial charge on any atom is 0.277 e. The fourth-order valence-electron chi connectivity index (χ4n) is 2.38. The molecule has 0 unspecified atom stereocenters. The van der Waals surface area contributed by atoms with Gasteiger partial charge >= 0.3 is 0 Å². The molecule has 0 bridgehead atoms. The van der Waals surface area contributed by atoms with Crippen LogP contribution in [0.3, 0.4) is 0 Å². The number of rotatable bonds is 6. The summed E-state index contributed by atoms with van der Waals surface area (Å²) < 4.78 is 5.56. The number of carbonyl (C=O) groups is 1. The summed E-state index contributed by atoms with van der Waals surface area (Å²) in [7, 11) is 0. The minimum atomic E-state index is -0.348. The highest BCUT2D eigenvalue weighted by Crippen LogP contribution is 2.20. The van der Waals surface area contributed by atoms with Gasteiger partial charge in [0.15, 0.2) is 6.61 Å². The molecule has 2 aromatic carbocycles. The summed E-state index contributed by atoms with van der Waals surface area (Å²) >= 11 is 0. The molecule has 0 fully saturated rings. The third-order valence-electron chi connectivity index (χ3n) is 3.82. The van der Waals surface area contributed by atoms with Crippen molar-refractivity contribution in [3.8, 4) is 11.5 Å². The predicted molar refractivity (Wildman–Crippen MR) is 99.2 cm³/mol. The van der Waals surface area contributed by atoms with Crippen molar-refractivity contribution < 1.29 is 14.6 Å². The van der Waals surface area contributed by atoms with Crippen LogP contribution in [0.1, 0.15) is 35.6 Å². The van der Waals surface area contributed by atoms with E-state index in [0.29, 0.717) is 23.4 Å². The van der Waals surface area contributed by atoms with Gasteiger partial charge in [0.05, 0.1) is 5.71 Å². The van der Waals surface area contributed by atoms with E-state index in [1.54, 1.807) is 6.07 Å². The predicted octanol–water partition coefficient (Wildman–Crippen LogP) is 3.63. The topological polar surface area (TPSA) is 70.9 Å². The van der Waals surface area contributed by atoms with E-state index < -0.39 is 0 Å². The van der Waals surface area contributed by atoms with Gasteiger partial charge in [-0.15, -0.1) is 0 Å². The zero-order valence-electron chi connectivity index (χ0n) is 15.1. The first kappa shape index (κ1) is 18.5. The third-order valence-corrected chi connectivity index (χ3v) is 3.82. The summed E-state index contributed by atoms with van der Waals surface area (Å²) in [6.45, 7) is 7.63. The summed E-state index contributed by atoms with van der Waals surface area (Å²) in [4.78, 5) is 12.0. The number of carbonyl (C=O) groups excluding carboxylic acids is 1. The number of phenols is 1. The van der Waals surface area contributed by atoms with Crippen LogP contribution in [0.5, 0.6) is 11.5 Å². The van der Waals surface area contributed by atoms with Crippen molar-refractivity contribution in [2.45, 2.75) is 34.1 Å². The molecule has 0 spiro atoms. The Morgan fingerprint density at radius 1 is 1.12 bits per heavy atom. The van der Waals surface area contributed by atoms with Crippen molar-refractivity contribution in [3.05, 3.63) is 58.7 Å². The fraction of sp³-hybridized carbons (Fsp3) is 0.300. The largest absolute Gasteiger partial charge is 0.507 e. The fourth-order valence-corrected chi connectivity index (χ4v) is 2.38. The normalized spacial score (nSPS) is 11.3. The van der Waals surface area contributed by atoms with E-state index in [0.717, 1.165) is 16.7 Å². The number of nitrogens with one attached hydrogen (secondary N) is 1. The van der Waals surface area contributed by atoms with E-state index in [1.807, 2.05) is 58.0 Å². The van der Waals surface area contributed by atoms with E-state index in [2.05, 4.69) is 10.5 Å². The summed E-state index contributed by atoms with van der Waals surface area (Å²) in [6, 6.07) is 11.1. The lowest BCUT2D eigenvalue weighted by molar-refractivity contribution is -0.123. The van der Waals surface area contributed by atoms with Crippen LogP contribution in [0.2, 0.25) is 0 Å². The van der Waals surface area contributed by atoms with Crippen molar-refractivity contribution >= 4 is 11.6 Å². The first-order valence-corrected chi connectivity index (χ1v) is 8.26. The molecular weight excluding hydrogens is 316 g/mol. The van der Waals surface area contributed by atoms with Gasteiger partial charge in [-0.3, -0.25) is 4.79 Å². The maximum atomic E-state index is 12.0. The first-order chi connectivity index (χ1) is 11.9. The van der Waals surface area contributed by atoms with Crippen LogP contribution < -0.4 is 10.2 Å². The number of amides is 1. The van der Waals surface area contributed by atoms with Gasteiger partial charge in [0.1, 0.15) is 11.5 Å². The minimum Gasteiger partial charge on any atom is -0.507 e. The molecule has 5 heteroatoms. The smallest absolute Gasteiger partial charge is 0.277 e. The van der Waals surface area contributed by atoms with Gasteiger partial charge in [-0.2, -0.15) is 5.10 Å². The third kappa shape index (κ3) is 5.08. The lowest BCUT2D eigenvalue weighted by atomic mass is 10.0. The second-order valence-electron chi connectivity index (χ2n) is 6.03. The average molecular weight is 340 g/mol. The van der Waals surface area contributed by atoms with Crippen molar-refractivity contribution in [3.63, 3.8) is 0 Å². The van der Waals surface area contributed by atoms with Crippen LogP contribution in [0.15, 0.2) is 41.5 Å². The monoisotopic (exact) mass is 340 g/mol. The molecule has 2 aromatic rings. The minimum absolute atomic E-state index is 0.120. The number of benzene rings is 2. The molecule has 25 heavy (non-hydrogen) atoms. The molecule has 2 N–H and O–H groups in total. The van der Waals surface area contributed by atoms with Gasteiger partial charge in [0.25, 0.3) is 5.91 Å². The van der Waals surface area contributed by atoms with Crippen molar-refractivity contribution in [2.24, 2.45) is 5.10 Å². The molecule has 0 aliphatic carbocycles. The molecule has 0 aromatic heterocycles. The van der Waals surface area contributed by atoms with E-state index in [4.69, 9.17) is 4.74 Å². The average Bonchev–Trinajstić information content (AvgIpc) is 2.59. The van der Waals surface area contributed by atoms with Gasteiger partial charge in [0, 0.05) is 5.56 Å². The van der Waals surface area contributed by atoms with Crippen LogP contribution in [-0.2, 0) is 4.79 Å². The standard InChI is InChI=1S/C20H24N2O3/c1-5-17(16-10-13(2)7-9-18(16)23)21-22-20(24)12-25-19-11-14(3)6-8-15(19)4/h6-11,23H,5,12H2,1-4H3,(H,22,24)/b21-17+. The Morgan fingerprint density at radius 2 is 1.80 bits per heavy atom. The highest BCUT2D eigenvalue weighted by atomic mass is 16.5. The van der Waals surface area contributed by atoms with Gasteiger partial charge in [0.2, 0.25) is 0 Å². The Morgan fingerprint density at radius 3 is 2.52 bits per heavy atom. The van der Waals surface area contributed by atoms with Crippen LogP contribution >= 0.6 is 0 Å². The molecule has 132 valence electrons. The van der Waals surface area contributed by atoms with E-state index in [1.165, 1.54) is 0 Å². The molecule has 5 nitrogen and oxygen atoms in total. The Labute approximate surface area is 148 Å². The molecule has 2 rings (SSSR count). The second kappa shape index (κ2) is 8.33. The van der Waals surface area contributed by atoms with Gasteiger partial charge in [-0.05, 0) is 56.5 Å². The number of aryl methyl sites for hydroxylation is 3. The number of nitrogens with zero attached hydrogens (tertiary/aromatic N) is 1. The molecule has 0 saturated carbocycles. The molecule has 0 heterocycles. The summed E-state index contributed by atoms with van der Waals surface area (Å²) in [5.74, 6) is 0.484. The van der Waals surface area contributed by atoms with Crippen molar-refractivity contribution in [2.75, 3.05) is 6.61 Å². The van der Waals surface area contributed by atoms with Gasteiger partial charge < -0.3 is 9.84 Å². The zero-order chi connectivity index (χ0) is 18.4. The molecule has 0 atom stereocenters. The van der Waals surface area contributed by atoms with Crippen LogP contribution in [0.25, 0.3) is 0 Å². The number of phenolic OH excluding ortho intramolecular Hbond substituents is 1. The highest BCUT2D eigenvalue weighted by molar-refractivity contribution is 6.03. The lowest BCUT2D eigenvalue weighted by Crippen LogP contribution is -2.26. The molecule has 0 radical (unpaired) electrons. The SMILES string of the molecule is CC/C(=N\NC(=O)COc1cc(C)ccc1C)c1cc(C)ccc1O. The Kier molecular flexibility index (Phi) is 6.17. The lowest BCUT2D eigenvalue weighted by Gasteiger charge is -2.10. The molecular formula is C20H24N2O3. The number of ether oxygens (including phenoxy) is 1. The van der Waals surface area contributed by atoms with E-state index >= 15 is 0 Å². The first-order valence-electron chi connectivity index (χ1n) is 8.26. The molecule has 0 aliphatic heterocycles. The number of hydrogen-bond acceptors (Lipinski definition) is 4. The van der Waals surface area contributed by atoms with Crippen molar-refractivity contribution in [1.82, 2.24) is 5.43 Å². The number of hydrogen-bond donors (Lipinski definition) is 2. The maximum absolute atomic E-state index is 12.0. The van der Waals surface area contributed by atoms with Gasteiger partial charge in [-0.1, -0.05) is 30.7 Å². The quantitative estimate of drug-likeness (QED) is 0.623. The zero-order valence-corrected chi connectivity index (χ0v) is 15.1. The summed E-state index contributed by atoms with van der Waals surface area (Å²) in [5.41, 5.74) is 6.79. The number of aromatic hydroxyl groups is 1. The summed E-state index contributed by atoms with van der Waals surface area (Å²) in [6.07, 6.45) is 0.579. The highest BCUT2D eigenvalue weighted by Gasteiger charge is 2.09. The Balaban J connectivity index is 2.02. The Hall–Kier alpha value is -2.82.